The number of phenolic OH excluding ortho intramolecular Hbond substituents is 1. The average molecular weight is 301 g/mol. The van der Waals surface area contributed by atoms with Crippen LogP contribution in [-0.2, 0) is 6.54 Å². The van der Waals surface area contributed by atoms with Crippen LogP contribution < -0.4 is 10.1 Å². The highest BCUT2D eigenvalue weighted by Gasteiger charge is 2.16. The first kappa shape index (κ1) is 12.7. The smallest absolute Gasteiger partial charge is 0.175 e. The van der Waals surface area contributed by atoms with Gasteiger partial charge in [-0.2, -0.15) is 0 Å². The molecule has 0 amide bonds. The number of aromatic hydroxyl groups is 1. The summed E-state index contributed by atoms with van der Waals surface area (Å²) < 4.78 is 5.96. The van der Waals surface area contributed by atoms with Crippen LogP contribution in [0, 0.1) is 0 Å². The average Bonchev–Trinajstić information content (AvgIpc) is 2.35. The molecule has 17 heavy (non-hydrogen) atoms. The van der Waals surface area contributed by atoms with Crippen molar-refractivity contribution in [3.63, 3.8) is 0 Å². The second kappa shape index (κ2) is 5.71. The summed E-state index contributed by atoms with van der Waals surface area (Å²) in [6, 6.07) is 3.85. The van der Waals surface area contributed by atoms with Crippen molar-refractivity contribution in [2.24, 2.45) is 0 Å². The molecule has 1 aromatic carbocycles. The Morgan fingerprint density at radius 3 is 2.76 bits per heavy atom. The Morgan fingerprint density at radius 1 is 1.41 bits per heavy atom. The molecule has 0 bridgehead atoms. The number of ether oxygens (including phenoxy) is 1. The molecule has 4 nitrogen and oxygen atoms in total. The van der Waals surface area contributed by atoms with Gasteiger partial charge in [0.05, 0.1) is 11.6 Å². The molecule has 0 radical (unpaired) electrons. The van der Waals surface area contributed by atoms with E-state index in [1.165, 1.54) is 0 Å². The van der Waals surface area contributed by atoms with Gasteiger partial charge in [-0.3, -0.25) is 4.90 Å². The molecule has 1 fully saturated rings. The molecule has 1 saturated heterocycles. The molecule has 5 heteroatoms. The molecule has 1 aromatic rings. The Labute approximate surface area is 110 Å². The van der Waals surface area contributed by atoms with Gasteiger partial charge in [0, 0.05) is 38.3 Å². The minimum Gasteiger partial charge on any atom is -0.504 e. The lowest BCUT2D eigenvalue weighted by molar-refractivity contribution is 0.229. The maximum absolute atomic E-state index is 10.1. The van der Waals surface area contributed by atoms with Gasteiger partial charge in [-0.25, -0.2) is 0 Å². The lowest BCUT2D eigenvalue weighted by atomic mass is 10.1. The summed E-state index contributed by atoms with van der Waals surface area (Å²) in [4.78, 5) is 2.32. The molecule has 94 valence electrons. The largest absolute Gasteiger partial charge is 0.504 e. The first-order valence-electron chi connectivity index (χ1n) is 5.69. The molecular weight excluding hydrogens is 284 g/mol. The predicted molar refractivity (Wildman–Crippen MR) is 70.5 cm³/mol. The molecule has 1 aliphatic rings. The van der Waals surface area contributed by atoms with Crippen LogP contribution in [0.2, 0.25) is 0 Å². The quantitative estimate of drug-likeness (QED) is 0.889. The highest BCUT2D eigenvalue weighted by molar-refractivity contribution is 9.10. The zero-order valence-electron chi connectivity index (χ0n) is 9.87. The number of methoxy groups -OCH3 is 1. The number of piperazine rings is 1. The maximum Gasteiger partial charge on any atom is 0.175 e. The number of halogens is 1. The zero-order valence-corrected chi connectivity index (χ0v) is 11.5. The van der Waals surface area contributed by atoms with Crippen molar-refractivity contribution in [1.82, 2.24) is 10.2 Å². The normalized spacial score (nSPS) is 17.1. The lowest BCUT2D eigenvalue weighted by Gasteiger charge is -2.27. The Hall–Kier alpha value is -0.780. The van der Waals surface area contributed by atoms with Gasteiger partial charge in [0.25, 0.3) is 0 Å². The van der Waals surface area contributed by atoms with Crippen molar-refractivity contribution in [3.05, 3.63) is 22.2 Å². The number of phenols is 1. The Balaban J connectivity index is 2.15. The van der Waals surface area contributed by atoms with E-state index in [-0.39, 0.29) is 5.75 Å². The van der Waals surface area contributed by atoms with Gasteiger partial charge in [-0.1, -0.05) is 6.07 Å². The van der Waals surface area contributed by atoms with Crippen LogP contribution in [0.1, 0.15) is 5.56 Å². The molecule has 0 aromatic heterocycles. The summed E-state index contributed by atoms with van der Waals surface area (Å²) in [6.07, 6.45) is 0. The highest BCUT2D eigenvalue weighted by Crippen LogP contribution is 2.37. The summed E-state index contributed by atoms with van der Waals surface area (Å²) in [6.45, 7) is 4.80. The first-order valence-corrected chi connectivity index (χ1v) is 6.49. The molecule has 1 aliphatic heterocycles. The number of nitrogens with zero attached hydrogens (tertiary/aromatic N) is 1. The Morgan fingerprint density at radius 2 is 2.12 bits per heavy atom. The molecule has 0 unspecified atom stereocenters. The van der Waals surface area contributed by atoms with Crippen molar-refractivity contribution in [1.29, 1.82) is 0 Å². The van der Waals surface area contributed by atoms with Gasteiger partial charge in [0.2, 0.25) is 0 Å². The molecule has 2 rings (SSSR count). The van der Waals surface area contributed by atoms with E-state index in [1.807, 2.05) is 12.1 Å². The van der Waals surface area contributed by atoms with E-state index in [0.29, 0.717) is 5.75 Å². The summed E-state index contributed by atoms with van der Waals surface area (Å²) >= 11 is 3.36. The minimum atomic E-state index is 0.236. The van der Waals surface area contributed by atoms with Gasteiger partial charge in [-0.05, 0) is 22.0 Å². The van der Waals surface area contributed by atoms with Gasteiger partial charge >= 0.3 is 0 Å². The fourth-order valence-electron chi connectivity index (χ4n) is 2.02. The second-order valence-corrected chi connectivity index (χ2v) is 4.97. The van der Waals surface area contributed by atoms with Crippen molar-refractivity contribution in [3.8, 4) is 11.5 Å². The number of benzene rings is 1. The fourth-order valence-corrected chi connectivity index (χ4v) is 2.50. The lowest BCUT2D eigenvalue weighted by Crippen LogP contribution is -2.42. The van der Waals surface area contributed by atoms with E-state index >= 15 is 0 Å². The number of hydrogen-bond acceptors (Lipinski definition) is 4. The van der Waals surface area contributed by atoms with E-state index in [1.54, 1.807) is 7.11 Å². The Bertz CT molecular complexity index is 392. The molecule has 0 aliphatic carbocycles. The van der Waals surface area contributed by atoms with E-state index in [0.717, 1.165) is 42.8 Å². The topological polar surface area (TPSA) is 44.7 Å². The van der Waals surface area contributed by atoms with Crippen LogP contribution in [0.5, 0.6) is 11.5 Å². The predicted octanol–water partition coefficient (Wildman–Crippen LogP) is 1.57. The highest BCUT2D eigenvalue weighted by atomic mass is 79.9. The van der Waals surface area contributed by atoms with Crippen LogP contribution in [-0.4, -0.2) is 43.3 Å². The summed E-state index contributed by atoms with van der Waals surface area (Å²) in [5.41, 5.74) is 0.909. The van der Waals surface area contributed by atoms with Gasteiger partial charge in [0.1, 0.15) is 0 Å². The van der Waals surface area contributed by atoms with E-state index in [2.05, 4.69) is 26.1 Å². The van der Waals surface area contributed by atoms with Crippen LogP contribution in [0.3, 0.4) is 0 Å². The fraction of sp³-hybridized carbons (Fsp3) is 0.500. The third-order valence-electron chi connectivity index (χ3n) is 2.97. The summed E-state index contributed by atoms with van der Waals surface area (Å²) in [7, 11) is 1.56. The van der Waals surface area contributed by atoms with Crippen LogP contribution in [0.15, 0.2) is 16.6 Å². The second-order valence-electron chi connectivity index (χ2n) is 4.11. The van der Waals surface area contributed by atoms with E-state index in [4.69, 9.17) is 4.74 Å². The third kappa shape index (κ3) is 2.91. The standard InChI is InChI=1S/C12H17BrN2O2/c1-17-12-10(13)3-2-9(11(12)16)8-15-6-4-14-5-7-15/h2-3,14,16H,4-8H2,1H3. The third-order valence-corrected chi connectivity index (χ3v) is 3.60. The van der Waals surface area contributed by atoms with Crippen molar-refractivity contribution >= 4 is 15.9 Å². The van der Waals surface area contributed by atoms with Crippen LogP contribution in [0.4, 0.5) is 0 Å². The minimum absolute atomic E-state index is 0.236. The SMILES string of the molecule is COc1c(Br)ccc(CN2CCNCC2)c1O. The maximum atomic E-state index is 10.1. The zero-order chi connectivity index (χ0) is 12.3. The molecule has 2 N–H and O–H groups in total. The van der Waals surface area contributed by atoms with Gasteiger partial charge in [-0.15, -0.1) is 0 Å². The summed E-state index contributed by atoms with van der Waals surface area (Å²) in [5, 5.41) is 13.4. The number of nitrogens with one attached hydrogen (secondary N) is 1. The molecule has 0 spiro atoms. The van der Waals surface area contributed by atoms with Crippen molar-refractivity contribution in [2.75, 3.05) is 33.3 Å². The van der Waals surface area contributed by atoms with Crippen molar-refractivity contribution in [2.45, 2.75) is 6.54 Å². The van der Waals surface area contributed by atoms with E-state index in [9.17, 15) is 5.11 Å². The molecule has 1 heterocycles. The van der Waals surface area contributed by atoms with Crippen molar-refractivity contribution < 1.29 is 9.84 Å². The molecule has 0 saturated carbocycles. The molecular formula is C12H17BrN2O2. The van der Waals surface area contributed by atoms with Crippen LogP contribution in [0.25, 0.3) is 0 Å². The summed E-state index contributed by atoms with van der Waals surface area (Å²) in [5.74, 6) is 0.748. The molecule has 0 atom stereocenters. The van der Waals surface area contributed by atoms with E-state index < -0.39 is 0 Å². The monoisotopic (exact) mass is 300 g/mol. The number of hydrogen-bond donors (Lipinski definition) is 2. The van der Waals surface area contributed by atoms with Gasteiger partial charge < -0.3 is 15.2 Å². The number of rotatable bonds is 3. The van der Waals surface area contributed by atoms with Crippen LogP contribution >= 0.6 is 15.9 Å². The Kier molecular flexibility index (Phi) is 4.25. The van der Waals surface area contributed by atoms with Gasteiger partial charge in [0.15, 0.2) is 11.5 Å². The first-order chi connectivity index (χ1) is 8.22.